The van der Waals surface area contributed by atoms with E-state index in [-0.39, 0.29) is 0 Å². The van der Waals surface area contributed by atoms with Gasteiger partial charge in [-0.1, -0.05) is 25.6 Å². The van der Waals surface area contributed by atoms with Crippen molar-refractivity contribution in [2.24, 2.45) is 5.92 Å². The minimum Gasteiger partial charge on any atom is -0.373 e. The summed E-state index contributed by atoms with van der Waals surface area (Å²) in [7, 11) is 1.90. The molecule has 100 valence electrons. The van der Waals surface area contributed by atoms with E-state index in [1.54, 1.807) is 11.8 Å². The van der Waals surface area contributed by atoms with Crippen LogP contribution in [0.25, 0.3) is 0 Å². The first-order chi connectivity index (χ1) is 8.65. The first-order valence-corrected chi connectivity index (χ1v) is 7.75. The third-order valence-electron chi connectivity index (χ3n) is 3.49. The predicted molar refractivity (Wildman–Crippen MR) is 78.6 cm³/mol. The first kappa shape index (κ1) is 13.5. The van der Waals surface area contributed by atoms with Gasteiger partial charge in [0.25, 0.3) is 0 Å². The Morgan fingerprint density at radius 3 is 2.83 bits per heavy atom. The molecule has 2 heterocycles. The highest BCUT2D eigenvalue weighted by Gasteiger charge is 2.28. The Bertz CT molecular complexity index is 386. The van der Waals surface area contributed by atoms with Gasteiger partial charge in [0, 0.05) is 25.7 Å². The third kappa shape index (κ3) is 2.71. The second kappa shape index (κ2) is 5.78. The van der Waals surface area contributed by atoms with Crippen LogP contribution in [0.3, 0.4) is 0 Å². The highest BCUT2D eigenvalue weighted by Crippen LogP contribution is 2.30. The molecular weight excluding hydrogens is 244 g/mol. The summed E-state index contributed by atoms with van der Waals surface area (Å²) in [6, 6.07) is 2.67. The van der Waals surface area contributed by atoms with E-state index < -0.39 is 0 Å². The van der Waals surface area contributed by atoms with Gasteiger partial charge in [-0.3, -0.25) is 0 Å². The van der Waals surface area contributed by atoms with Gasteiger partial charge in [0.05, 0.1) is 0 Å². The van der Waals surface area contributed by atoms with Gasteiger partial charge >= 0.3 is 0 Å². The minimum atomic E-state index is 0.610. The molecule has 1 aromatic rings. The molecule has 0 radical (unpaired) electrons. The van der Waals surface area contributed by atoms with Crippen LogP contribution in [0.5, 0.6) is 0 Å². The molecule has 0 amide bonds. The van der Waals surface area contributed by atoms with Gasteiger partial charge in [-0.15, -0.1) is 0 Å². The highest BCUT2D eigenvalue weighted by molar-refractivity contribution is 7.98. The molecule has 1 unspecified atom stereocenters. The smallest absolute Gasteiger partial charge is 0.191 e. The van der Waals surface area contributed by atoms with Crippen LogP contribution in [0, 0.1) is 5.92 Å². The van der Waals surface area contributed by atoms with Crippen molar-refractivity contribution < 1.29 is 0 Å². The molecule has 5 heteroatoms. The van der Waals surface area contributed by atoms with Crippen molar-refractivity contribution in [1.82, 2.24) is 9.97 Å². The lowest BCUT2D eigenvalue weighted by atomic mass is 10.0. The van der Waals surface area contributed by atoms with Crippen molar-refractivity contribution in [3.8, 4) is 0 Å². The van der Waals surface area contributed by atoms with E-state index >= 15 is 0 Å². The van der Waals surface area contributed by atoms with Crippen molar-refractivity contribution in [3.05, 3.63) is 6.07 Å². The lowest BCUT2D eigenvalue weighted by Crippen LogP contribution is -2.34. The summed E-state index contributed by atoms with van der Waals surface area (Å²) in [6.45, 7) is 5.69. The van der Waals surface area contributed by atoms with Crippen LogP contribution in [0.15, 0.2) is 11.2 Å². The second-order valence-corrected chi connectivity index (χ2v) is 5.77. The van der Waals surface area contributed by atoms with Gasteiger partial charge in [0.15, 0.2) is 5.16 Å². The molecule has 1 fully saturated rings. The lowest BCUT2D eigenvalue weighted by molar-refractivity contribution is 0.489. The average Bonchev–Trinajstić information content (AvgIpc) is 2.87. The summed E-state index contributed by atoms with van der Waals surface area (Å²) in [5.74, 6) is 2.63. The van der Waals surface area contributed by atoms with Gasteiger partial charge in [-0.05, 0) is 25.0 Å². The summed E-state index contributed by atoms with van der Waals surface area (Å²) in [5.41, 5.74) is 0. The quantitative estimate of drug-likeness (QED) is 0.670. The Balaban J connectivity index is 2.31. The monoisotopic (exact) mass is 266 g/mol. The SMILES string of the molecule is CNc1cc(N2CCCC2C(C)C)nc(SC)n1. The first-order valence-electron chi connectivity index (χ1n) is 6.53. The number of nitrogens with zero attached hydrogens (tertiary/aromatic N) is 3. The number of anilines is 2. The number of hydrogen-bond donors (Lipinski definition) is 1. The van der Waals surface area contributed by atoms with Crippen LogP contribution in [0.2, 0.25) is 0 Å². The summed E-state index contributed by atoms with van der Waals surface area (Å²) in [4.78, 5) is 11.5. The molecule has 1 N–H and O–H groups in total. The highest BCUT2D eigenvalue weighted by atomic mass is 32.2. The molecule has 18 heavy (non-hydrogen) atoms. The summed E-state index contributed by atoms with van der Waals surface area (Å²) >= 11 is 1.59. The van der Waals surface area contributed by atoms with E-state index in [2.05, 4.69) is 40.1 Å². The molecule has 1 aliphatic rings. The van der Waals surface area contributed by atoms with E-state index in [1.807, 2.05) is 13.3 Å². The number of thioether (sulfide) groups is 1. The minimum absolute atomic E-state index is 0.610. The molecule has 0 saturated carbocycles. The molecule has 4 nitrogen and oxygen atoms in total. The normalized spacial score (nSPS) is 19.6. The van der Waals surface area contributed by atoms with Crippen LogP contribution in [-0.4, -0.2) is 35.9 Å². The molecule has 0 aliphatic carbocycles. The van der Waals surface area contributed by atoms with Gasteiger partial charge in [0.2, 0.25) is 0 Å². The fourth-order valence-corrected chi connectivity index (χ4v) is 2.92. The lowest BCUT2D eigenvalue weighted by Gasteiger charge is -2.29. The van der Waals surface area contributed by atoms with E-state index in [0.717, 1.165) is 23.3 Å². The standard InChI is InChI=1S/C13H22N4S/c1-9(2)10-6-5-7-17(10)12-8-11(14-3)15-13(16-12)18-4/h8-10H,5-7H2,1-4H3,(H,14,15,16). The Hall–Kier alpha value is -0.970. The van der Waals surface area contributed by atoms with Crippen molar-refractivity contribution >= 4 is 23.4 Å². The topological polar surface area (TPSA) is 41.0 Å². The largest absolute Gasteiger partial charge is 0.373 e. The number of aromatic nitrogens is 2. The average molecular weight is 266 g/mol. The van der Waals surface area contributed by atoms with Gasteiger partial charge in [-0.2, -0.15) is 0 Å². The van der Waals surface area contributed by atoms with E-state index in [1.165, 1.54) is 12.8 Å². The van der Waals surface area contributed by atoms with Crippen LogP contribution in [0.1, 0.15) is 26.7 Å². The second-order valence-electron chi connectivity index (χ2n) is 5.00. The number of rotatable bonds is 4. The van der Waals surface area contributed by atoms with Crippen LogP contribution in [0.4, 0.5) is 11.6 Å². The maximum absolute atomic E-state index is 4.65. The maximum atomic E-state index is 4.65. The van der Waals surface area contributed by atoms with Gasteiger partial charge in [-0.25, -0.2) is 9.97 Å². The molecule has 0 aromatic carbocycles. The summed E-state index contributed by atoms with van der Waals surface area (Å²) in [5, 5.41) is 3.96. The van der Waals surface area contributed by atoms with Crippen molar-refractivity contribution in [1.29, 1.82) is 0 Å². The molecule has 0 bridgehead atoms. The Morgan fingerprint density at radius 1 is 1.44 bits per heavy atom. The Kier molecular flexibility index (Phi) is 4.32. The van der Waals surface area contributed by atoms with Crippen LogP contribution in [-0.2, 0) is 0 Å². The fourth-order valence-electron chi connectivity index (χ4n) is 2.55. The van der Waals surface area contributed by atoms with E-state index in [9.17, 15) is 0 Å². The Labute approximate surface area is 114 Å². The molecule has 0 spiro atoms. The van der Waals surface area contributed by atoms with Crippen LogP contribution >= 0.6 is 11.8 Å². The maximum Gasteiger partial charge on any atom is 0.191 e. The zero-order valence-corrected chi connectivity index (χ0v) is 12.4. The zero-order chi connectivity index (χ0) is 13.1. The number of hydrogen-bond acceptors (Lipinski definition) is 5. The number of nitrogens with one attached hydrogen (secondary N) is 1. The summed E-state index contributed by atoms with van der Waals surface area (Å²) < 4.78 is 0. The van der Waals surface area contributed by atoms with Crippen molar-refractivity contribution in [2.45, 2.75) is 37.9 Å². The molecule has 2 rings (SSSR count). The molecule has 1 aromatic heterocycles. The Morgan fingerprint density at radius 2 is 2.22 bits per heavy atom. The van der Waals surface area contributed by atoms with Crippen molar-refractivity contribution in [3.63, 3.8) is 0 Å². The van der Waals surface area contributed by atoms with E-state index in [4.69, 9.17) is 0 Å². The zero-order valence-electron chi connectivity index (χ0n) is 11.6. The predicted octanol–water partition coefficient (Wildman–Crippen LogP) is 2.87. The summed E-state index contributed by atoms with van der Waals surface area (Å²) in [6.07, 6.45) is 4.55. The molecular formula is C13H22N4S. The van der Waals surface area contributed by atoms with Crippen LogP contribution < -0.4 is 10.2 Å². The van der Waals surface area contributed by atoms with Gasteiger partial charge in [0.1, 0.15) is 11.6 Å². The van der Waals surface area contributed by atoms with E-state index in [0.29, 0.717) is 12.0 Å². The third-order valence-corrected chi connectivity index (χ3v) is 4.04. The fraction of sp³-hybridized carbons (Fsp3) is 0.692. The molecule has 1 aliphatic heterocycles. The molecule has 1 saturated heterocycles. The molecule has 1 atom stereocenters. The van der Waals surface area contributed by atoms with Crippen molar-refractivity contribution in [2.75, 3.05) is 30.1 Å². The van der Waals surface area contributed by atoms with Gasteiger partial charge < -0.3 is 10.2 Å².